The summed E-state index contributed by atoms with van der Waals surface area (Å²) in [6.45, 7) is 4.07. The Morgan fingerprint density at radius 1 is 1.26 bits per heavy atom. The van der Waals surface area contributed by atoms with Crippen molar-refractivity contribution in [2.45, 2.75) is 20.4 Å². The fourth-order valence-corrected chi connectivity index (χ4v) is 2.06. The SMILES string of the molecule is CCOC(=O)C(=O)c1cc2ccc(F)cc2n1CC. The molecule has 1 aromatic heterocycles. The van der Waals surface area contributed by atoms with Gasteiger partial charge in [-0.05, 0) is 38.1 Å². The summed E-state index contributed by atoms with van der Waals surface area (Å²) >= 11 is 0. The van der Waals surface area contributed by atoms with Crippen LogP contribution in [0.4, 0.5) is 4.39 Å². The molecule has 0 aliphatic heterocycles. The number of benzene rings is 1. The minimum Gasteiger partial charge on any atom is -0.460 e. The summed E-state index contributed by atoms with van der Waals surface area (Å²) in [7, 11) is 0. The lowest BCUT2D eigenvalue weighted by Crippen LogP contribution is -2.20. The van der Waals surface area contributed by atoms with Crippen molar-refractivity contribution < 1.29 is 18.7 Å². The van der Waals surface area contributed by atoms with Crippen molar-refractivity contribution in [1.82, 2.24) is 4.57 Å². The van der Waals surface area contributed by atoms with Gasteiger partial charge in [0.25, 0.3) is 5.78 Å². The first-order valence-corrected chi connectivity index (χ1v) is 6.08. The molecule has 0 N–H and O–H groups in total. The second kappa shape index (κ2) is 5.22. The molecule has 19 heavy (non-hydrogen) atoms. The van der Waals surface area contributed by atoms with Gasteiger partial charge in [-0.3, -0.25) is 4.79 Å². The van der Waals surface area contributed by atoms with Crippen LogP contribution in [0.25, 0.3) is 10.9 Å². The first-order valence-electron chi connectivity index (χ1n) is 6.08. The standard InChI is InChI=1S/C14H14FNO3/c1-3-16-11-8-10(15)6-5-9(11)7-12(16)13(17)14(18)19-4-2/h5-8H,3-4H2,1-2H3. The molecule has 0 fully saturated rings. The van der Waals surface area contributed by atoms with Crippen molar-refractivity contribution in [1.29, 1.82) is 0 Å². The Morgan fingerprint density at radius 3 is 2.63 bits per heavy atom. The van der Waals surface area contributed by atoms with Gasteiger partial charge in [0.05, 0.1) is 17.8 Å². The Morgan fingerprint density at radius 2 is 2.00 bits per heavy atom. The van der Waals surface area contributed by atoms with Gasteiger partial charge in [0.1, 0.15) is 5.82 Å². The molecule has 0 amide bonds. The number of rotatable bonds is 4. The predicted molar refractivity (Wildman–Crippen MR) is 68.5 cm³/mol. The number of fused-ring (bicyclic) bond motifs is 1. The number of carbonyl (C=O) groups excluding carboxylic acids is 2. The van der Waals surface area contributed by atoms with Crippen LogP contribution in [0.5, 0.6) is 0 Å². The second-order valence-corrected chi connectivity index (χ2v) is 4.03. The zero-order chi connectivity index (χ0) is 14.0. The van der Waals surface area contributed by atoms with E-state index < -0.39 is 11.8 Å². The molecule has 100 valence electrons. The van der Waals surface area contributed by atoms with Gasteiger partial charge >= 0.3 is 5.97 Å². The van der Waals surface area contributed by atoms with E-state index in [4.69, 9.17) is 4.74 Å². The van der Waals surface area contributed by atoms with E-state index >= 15 is 0 Å². The highest BCUT2D eigenvalue weighted by Gasteiger charge is 2.22. The van der Waals surface area contributed by atoms with Gasteiger partial charge < -0.3 is 9.30 Å². The number of hydrogen-bond donors (Lipinski definition) is 0. The summed E-state index contributed by atoms with van der Waals surface area (Å²) in [5.41, 5.74) is 0.816. The fraction of sp³-hybridized carbons (Fsp3) is 0.286. The molecule has 2 rings (SSSR count). The van der Waals surface area contributed by atoms with Gasteiger partial charge in [-0.1, -0.05) is 0 Å². The minimum absolute atomic E-state index is 0.144. The van der Waals surface area contributed by atoms with Crippen LogP contribution in [-0.4, -0.2) is 22.9 Å². The molecule has 0 saturated carbocycles. The van der Waals surface area contributed by atoms with Gasteiger partial charge in [0.2, 0.25) is 0 Å². The van der Waals surface area contributed by atoms with Crippen LogP contribution in [0.15, 0.2) is 24.3 Å². The number of nitrogens with zero attached hydrogens (tertiary/aromatic N) is 1. The molecule has 1 aromatic carbocycles. The van der Waals surface area contributed by atoms with Crippen molar-refractivity contribution in [3.8, 4) is 0 Å². The topological polar surface area (TPSA) is 48.3 Å². The summed E-state index contributed by atoms with van der Waals surface area (Å²) in [6.07, 6.45) is 0. The zero-order valence-corrected chi connectivity index (χ0v) is 10.8. The number of ether oxygens (including phenoxy) is 1. The number of Topliss-reactive ketones (excluding diaryl/α,β-unsaturated/α-hetero) is 1. The van der Waals surface area contributed by atoms with Gasteiger partial charge in [-0.25, -0.2) is 9.18 Å². The average molecular weight is 263 g/mol. The Hall–Kier alpha value is -2.17. The number of hydrogen-bond acceptors (Lipinski definition) is 3. The van der Waals surface area contributed by atoms with E-state index in [0.717, 1.165) is 5.39 Å². The third kappa shape index (κ3) is 2.36. The van der Waals surface area contributed by atoms with Crippen molar-refractivity contribution in [3.05, 3.63) is 35.8 Å². The smallest absolute Gasteiger partial charge is 0.381 e. The lowest BCUT2D eigenvalue weighted by atomic mass is 10.2. The molecular weight excluding hydrogens is 249 g/mol. The van der Waals surface area contributed by atoms with Crippen LogP contribution in [0.3, 0.4) is 0 Å². The van der Waals surface area contributed by atoms with E-state index in [-0.39, 0.29) is 18.1 Å². The predicted octanol–water partition coefficient (Wildman–Crippen LogP) is 2.55. The van der Waals surface area contributed by atoms with Crippen molar-refractivity contribution in [2.24, 2.45) is 0 Å². The van der Waals surface area contributed by atoms with E-state index in [2.05, 4.69) is 0 Å². The van der Waals surface area contributed by atoms with Gasteiger partial charge in [-0.15, -0.1) is 0 Å². The second-order valence-electron chi connectivity index (χ2n) is 4.03. The molecule has 0 saturated heterocycles. The zero-order valence-electron chi connectivity index (χ0n) is 10.8. The molecule has 5 heteroatoms. The molecule has 0 aliphatic carbocycles. The molecule has 1 heterocycles. The Kier molecular flexibility index (Phi) is 3.64. The average Bonchev–Trinajstić information content (AvgIpc) is 2.75. The number of esters is 1. The highest BCUT2D eigenvalue weighted by Crippen LogP contribution is 2.21. The van der Waals surface area contributed by atoms with Gasteiger partial charge in [0, 0.05) is 11.9 Å². The lowest BCUT2D eigenvalue weighted by Gasteiger charge is -2.06. The molecule has 4 nitrogen and oxygen atoms in total. The highest BCUT2D eigenvalue weighted by atomic mass is 19.1. The van der Waals surface area contributed by atoms with E-state index in [1.165, 1.54) is 12.1 Å². The van der Waals surface area contributed by atoms with Crippen LogP contribution >= 0.6 is 0 Å². The first kappa shape index (κ1) is 13.3. The Bertz CT molecular complexity index is 645. The number of carbonyl (C=O) groups is 2. The fourth-order valence-electron chi connectivity index (χ4n) is 2.06. The maximum atomic E-state index is 13.3. The number of halogens is 1. The van der Waals surface area contributed by atoms with Crippen LogP contribution in [0.2, 0.25) is 0 Å². The molecular formula is C14H14FNO3. The van der Waals surface area contributed by atoms with Crippen molar-refractivity contribution >= 4 is 22.7 Å². The molecule has 0 radical (unpaired) electrons. The lowest BCUT2D eigenvalue weighted by molar-refractivity contribution is -0.137. The Labute approximate surface area is 109 Å². The molecule has 0 unspecified atom stereocenters. The Balaban J connectivity index is 2.54. The molecule has 0 bridgehead atoms. The minimum atomic E-state index is -0.888. The van der Waals surface area contributed by atoms with Gasteiger partial charge in [-0.2, -0.15) is 0 Å². The number of aromatic nitrogens is 1. The number of ketones is 1. The third-order valence-electron chi connectivity index (χ3n) is 2.88. The first-order chi connectivity index (χ1) is 9.08. The largest absolute Gasteiger partial charge is 0.460 e. The van der Waals surface area contributed by atoms with Crippen LogP contribution in [0.1, 0.15) is 24.3 Å². The summed E-state index contributed by atoms with van der Waals surface area (Å²) < 4.78 is 19.6. The van der Waals surface area contributed by atoms with Gasteiger partial charge in [0.15, 0.2) is 0 Å². The summed E-state index contributed by atoms with van der Waals surface area (Å²) in [4.78, 5) is 23.5. The molecule has 0 spiro atoms. The van der Waals surface area contributed by atoms with E-state index in [0.29, 0.717) is 12.1 Å². The maximum absolute atomic E-state index is 13.3. The van der Waals surface area contributed by atoms with E-state index in [1.54, 1.807) is 23.6 Å². The molecule has 0 aliphatic rings. The third-order valence-corrected chi connectivity index (χ3v) is 2.88. The molecule has 0 atom stereocenters. The normalized spacial score (nSPS) is 10.7. The van der Waals surface area contributed by atoms with Crippen molar-refractivity contribution in [3.63, 3.8) is 0 Å². The quantitative estimate of drug-likeness (QED) is 0.484. The van der Waals surface area contributed by atoms with E-state index in [9.17, 15) is 14.0 Å². The summed E-state index contributed by atoms with van der Waals surface area (Å²) in [5.74, 6) is -1.98. The maximum Gasteiger partial charge on any atom is 0.381 e. The summed E-state index contributed by atoms with van der Waals surface area (Å²) in [6, 6.07) is 5.83. The monoisotopic (exact) mass is 263 g/mol. The summed E-state index contributed by atoms with van der Waals surface area (Å²) in [5, 5.41) is 0.718. The van der Waals surface area contributed by atoms with E-state index in [1.807, 2.05) is 6.92 Å². The van der Waals surface area contributed by atoms with Crippen LogP contribution in [0, 0.1) is 5.82 Å². The molecule has 2 aromatic rings. The van der Waals surface area contributed by atoms with Crippen LogP contribution < -0.4 is 0 Å². The highest BCUT2D eigenvalue weighted by molar-refractivity contribution is 6.40. The number of aryl methyl sites for hydroxylation is 1. The van der Waals surface area contributed by atoms with Crippen LogP contribution in [-0.2, 0) is 16.1 Å². The van der Waals surface area contributed by atoms with Crippen molar-refractivity contribution in [2.75, 3.05) is 6.61 Å².